The molecule has 0 bridgehead atoms. The molecule has 2 N–H and O–H groups in total. The van der Waals surface area contributed by atoms with Crippen LogP contribution in [0, 0.1) is 0 Å². The maximum atomic E-state index is 12.3. The molecule has 0 spiro atoms. The highest BCUT2D eigenvalue weighted by Crippen LogP contribution is 2.19. The fourth-order valence-electron chi connectivity index (χ4n) is 2.05. The molecule has 28 heavy (non-hydrogen) atoms. The molecular weight excluding hydrogens is 377 g/mol. The largest absolute Gasteiger partial charge is 0.468 e. The third-order valence-electron chi connectivity index (χ3n) is 3.45. The van der Waals surface area contributed by atoms with Gasteiger partial charge in [-0.25, -0.2) is 4.98 Å². The third-order valence-corrected chi connectivity index (χ3v) is 3.45. The lowest BCUT2D eigenvalue weighted by atomic mass is 10.2. The molecular formula is C18H29F3N4O3. The van der Waals surface area contributed by atoms with Crippen molar-refractivity contribution in [2.45, 2.75) is 32.5 Å². The van der Waals surface area contributed by atoms with E-state index in [2.05, 4.69) is 27.5 Å². The van der Waals surface area contributed by atoms with E-state index in [4.69, 9.17) is 14.2 Å². The molecule has 1 rings (SSSR count). The molecule has 0 saturated heterocycles. The smallest absolute Gasteiger partial charge is 0.422 e. The van der Waals surface area contributed by atoms with Crippen LogP contribution in [-0.4, -0.2) is 63.7 Å². The van der Waals surface area contributed by atoms with Crippen LogP contribution in [0.25, 0.3) is 0 Å². The summed E-state index contributed by atoms with van der Waals surface area (Å²) in [6.07, 6.45) is -0.887. The van der Waals surface area contributed by atoms with Gasteiger partial charge >= 0.3 is 6.18 Å². The second kappa shape index (κ2) is 14.0. The number of unbranched alkanes of at least 4 members (excludes halogenated alkanes) is 1. The highest BCUT2D eigenvalue weighted by atomic mass is 19.4. The number of hydrogen-bond donors (Lipinski definition) is 2. The first-order valence-corrected chi connectivity index (χ1v) is 9.19. The van der Waals surface area contributed by atoms with Gasteiger partial charge in [0.15, 0.2) is 12.6 Å². The average molecular weight is 406 g/mol. The third kappa shape index (κ3) is 11.6. The Balaban J connectivity index is 2.27. The van der Waals surface area contributed by atoms with Gasteiger partial charge in [-0.05, 0) is 12.5 Å². The lowest BCUT2D eigenvalue weighted by molar-refractivity contribution is -0.154. The topological polar surface area (TPSA) is 77.0 Å². The van der Waals surface area contributed by atoms with Crippen molar-refractivity contribution in [1.29, 1.82) is 0 Å². The zero-order chi connectivity index (χ0) is 20.7. The zero-order valence-electron chi connectivity index (χ0n) is 16.3. The zero-order valence-corrected chi connectivity index (χ0v) is 16.3. The highest BCUT2D eigenvalue weighted by molar-refractivity contribution is 5.79. The molecule has 0 atom stereocenters. The van der Waals surface area contributed by atoms with Crippen LogP contribution in [0.2, 0.25) is 0 Å². The van der Waals surface area contributed by atoms with Crippen LogP contribution in [0.4, 0.5) is 13.2 Å². The Morgan fingerprint density at radius 1 is 1.14 bits per heavy atom. The number of nitrogens with one attached hydrogen (secondary N) is 2. The van der Waals surface area contributed by atoms with Crippen LogP contribution in [0.3, 0.4) is 0 Å². The summed E-state index contributed by atoms with van der Waals surface area (Å²) in [6.45, 7) is 3.77. The summed E-state index contributed by atoms with van der Waals surface area (Å²) in [5, 5.41) is 6.06. The summed E-state index contributed by atoms with van der Waals surface area (Å²) in [5.41, 5.74) is 0.496. The Bertz CT molecular complexity index is 571. The number of ether oxygens (including phenoxy) is 3. The molecule has 0 aromatic carbocycles. The minimum atomic E-state index is -4.42. The van der Waals surface area contributed by atoms with E-state index in [9.17, 15) is 13.2 Å². The fraction of sp³-hybridized carbons (Fsp3) is 0.667. The summed E-state index contributed by atoms with van der Waals surface area (Å²) in [7, 11) is 1.60. The Kier molecular flexibility index (Phi) is 12.0. The van der Waals surface area contributed by atoms with E-state index in [1.807, 2.05) is 0 Å². The lowest BCUT2D eigenvalue weighted by Gasteiger charge is -2.15. The van der Waals surface area contributed by atoms with Gasteiger partial charge in [0.2, 0.25) is 5.88 Å². The van der Waals surface area contributed by atoms with Gasteiger partial charge in [-0.1, -0.05) is 19.4 Å². The molecule has 160 valence electrons. The standard InChI is InChI=1S/C18H29F3N4O3/c1-3-4-9-26-11-12-27-10-8-24-17(22-2)25-13-15-6-5-7-23-16(15)28-14-18(19,20)21/h5-7H,3-4,8-14H2,1-2H3,(H2,22,24,25). The van der Waals surface area contributed by atoms with Crippen molar-refractivity contribution in [3.05, 3.63) is 23.9 Å². The Morgan fingerprint density at radius 2 is 1.89 bits per heavy atom. The number of rotatable bonds is 13. The van der Waals surface area contributed by atoms with Crippen LogP contribution in [-0.2, 0) is 16.0 Å². The normalized spacial score (nSPS) is 12.1. The number of halogens is 3. The van der Waals surface area contributed by atoms with Crippen LogP contribution in [0.5, 0.6) is 5.88 Å². The average Bonchev–Trinajstić information content (AvgIpc) is 2.67. The minimum Gasteiger partial charge on any atom is -0.468 e. The van der Waals surface area contributed by atoms with Crippen molar-refractivity contribution in [1.82, 2.24) is 15.6 Å². The molecule has 0 unspecified atom stereocenters. The molecule has 0 amide bonds. The molecule has 0 aliphatic carbocycles. The first kappa shape index (κ1) is 24.0. The predicted octanol–water partition coefficient (Wildman–Crippen LogP) is 2.52. The number of hydrogen-bond acceptors (Lipinski definition) is 5. The van der Waals surface area contributed by atoms with Gasteiger partial charge in [-0.3, -0.25) is 4.99 Å². The maximum absolute atomic E-state index is 12.3. The van der Waals surface area contributed by atoms with E-state index in [1.54, 1.807) is 19.2 Å². The fourth-order valence-corrected chi connectivity index (χ4v) is 2.05. The van der Waals surface area contributed by atoms with Crippen molar-refractivity contribution in [3.63, 3.8) is 0 Å². The maximum Gasteiger partial charge on any atom is 0.422 e. The number of nitrogens with zero attached hydrogens (tertiary/aromatic N) is 2. The number of aromatic nitrogens is 1. The van der Waals surface area contributed by atoms with Crippen molar-refractivity contribution in [2.75, 3.05) is 46.6 Å². The first-order valence-electron chi connectivity index (χ1n) is 9.19. The van der Waals surface area contributed by atoms with Crippen molar-refractivity contribution >= 4 is 5.96 Å². The summed E-state index contributed by atoms with van der Waals surface area (Å²) >= 11 is 0. The van der Waals surface area contributed by atoms with E-state index in [1.165, 1.54) is 6.20 Å². The number of alkyl halides is 3. The Hall–Kier alpha value is -2.07. The molecule has 0 fully saturated rings. The molecule has 1 aromatic rings. The van der Waals surface area contributed by atoms with Crippen LogP contribution >= 0.6 is 0 Å². The molecule has 7 nitrogen and oxygen atoms in total. The first-order chi connectivity index (χ1) is 13.5. The van der Waals surface area contributed by atoms with Gasteiger partial charge in [0.05, 0.1) is 19.8 Å². The number of pyridine rings is 1. The quantitative estimate of drug-likeness (QED) is 0.298. The second-order valence-electron chi connectivity index (χ2n) is 5.80. The van der Waals surface area contributed by atoms with Crippen molar-refractivity contribution < 1.29 is 27.4 Å². The van der Waals surface area contributed by atoms with Gasteiger partial charge in [0, 0.05) is 38.5 Å². The van der Waals surface area contributed by atoms with E-state index in [0.717, 1.165) is 19.4 Å². The van der Waals surface area contributed by atoms with Gasteiger partial charge < -0.3 is 24.8 Å². The van der Waals surface area contributed by atoms with Gasteiger partial charge in [-0.15, -0.1) is 0 Å². The van der Waals surface area contributed by atoms with Crippen molar-refractivity contribution in [2.24, 2.45) is 4.99 Å². The summed E-state index contributed by atoms with van der Waals surface area (Å²) in [5.74, 6) is 0.433. The molecule has 0 aliphatic rings. The Labute approximate surface area is 163 Å². The van der Waals surface area contributed by atoms with Gasteiger partial charge in [0.1, 0.15) is 0 Å². The molecule has 1 aromatic heterocycles. The SMILES string of the molecule is CCCCOCCOCCNC(=NC)NCc1cccnc1OCC(F)(F)F. The van der Waals surface area contributed by atoms with Crippen molar-refractivity contribution in [3.8, 4) is 5.88 Å². The highest BCUT2D eigenvalue weighted by Gasteiger charge is 2.29. The van der Waals surface area contributed by atoms with E-state index < -0.39 is 12.8 Å². The van der Waals surface area contributed by atoms with E-state index in [0.29, 0.717) is 37.9 Å². The molecule has 10 heteroatoms. The summed E-state index contributed by atoms with van der Waals surface area (Å²) in [6, 6.07) is 3.27. The summed E-state index contributed by atoms with van der Waals surface area (Å²) < 4.78 is 52.6. The van der Waals surface area contributed by atoms with Gasteiger partial charge in [0.25, 0.3) is 0 Å². The van der Waals surface area contributed by atoms with E-state index in [-0.39, 0.29) is 12.4 Å². The molecule has 0 radical (unpaired) electrons. The second-order valence-corrected chi connectivity index (χ2v) is 5.80. The molecule has 0 aliphatic heterocycles. The lowest BCUT2D eigenvalue weighted by Crippen LogP contribution is -2.38. The monoisotopic (exact) mass is 406 g/mol. The van der Waals surface area contributed by atoms with Crippen LogP contribution < -0.4 is 15.4 Å². The van der Waals surface area contributed by atoms with E-state index >= 15 is 0 Å². The number of aliphatic imine (C=N–C) groups is 1. The minimum absolute atomic E-state index is 0.0609. The van der Waals surface area contributed by atoms with Crippen LogP contribution in [0.15, 0.2) is 23.3 Å². The predicted molar refractivity (Wildman–Crippen MR) is 101 cm³/mol. The number of guanidine groups is 1. The van der Waals surface area contributed by atoms with Gasteiger partial charge in [-0.2, -0.15) is 13.2 Å². The molecule has 0 saturated carbocycles. The van der Waals surface area contributed by atoms with Crippen LogP contribution in [0.1, 0.15) is 25.3 Å². The summed E-state index contributed by atoms with van der Waals surface area (Å²) in [4.78, 5) is 7.91. The Morgan fingerprint density at radius 3 is 2.57 bits per heavy atom. The molecule has 1 heterocycles.